The second-order valence-electron chi connectivity index (χ2n) is 8.53. The van der Waals surface area contributed by atoms with E-state index in [1.165, 1.54) is 24.5 Å². The first-order valence-corrected chi connectivity index (χ1v) is 12.4. The number of hydrogen-bond acceptors (Lipinski definition) is 10. The summed E-state index contributed by atoms with van der Waals surface area (Å²) in [6, 6.07) is 24.4. The topological polar surface area (TPSA) is 149 Å². The Labute approximate surface area is 234 Å². The van der Waals surface area contributed by atoms with E-state index < -0.39 is 60.9 Å². The molecule has 0 saturated heterocycles. The number of carbonyl (C=O) groups excluding carboxylic acids is 3. The van der Waals surface area contributed by atoms with E-state index in [9.17, 15) is 24.5 Å². The summed E-state index contributed by atoms with van der Waals surface area (Å²) in [5.41, 5.74) is 0.754. The Kier molecular flexibility index (Phi) is 9.88. The summed E-state index contributed by atoms with van der Waals surface area (Å²) >= 11 is 0. The van der Waals surface area contributed by atoms with E-state index in [0.717, 1.165) is 4.57 Å². The maximum absolute atomic E-state index is 13.0. The Hall–Kier alpha value is -5.36. The minimum Gasteiger partial charge on any atom is -0.459 e. The van der Waals surface area contributed by atoms with Crippen molar-refractivity contribution in [2.45, 2.75) is 18.9 Å². The average Bonchev–Trinajstić information content (AvgIpc) is 3.49. The molecule has 4 rings (SSSR count). The number of nitrogens with zero attached hydrogens (tertiary/aromatic N) is 3. The largest absolute Gasteiger partial charge is 0.459 e. The lowest BCUT2D eigenvalue weighted by molar-refractivity contribution is -0.397. The molecule has 12 heteroatoms. The molecule has 41 heavy (non-hydrogen) atoms. The molecule has 210 valence electrons. The van der Waals surface area contributed by atoms with Crippen LogP contribution in [0.25, 0.3) is 0 Å². The number of aromatic nitrogens is 2. The van der Waals surface area contributed by atoms with Crippen LogP contribution in [0, 0.1) is 10.1 Å². The molecule has 4 aromatic rings. The van der Waals surface area contributed by atoms with E-state index in [1.807, 2.05) is 0 Å². The van der Waals surface area contributed by atoms with Crippen molar-refractivity contribution in [1.29, 1.82) is 0 Å². The quantitative estimate of drug-likeness (QED) is 0.102. The van der Waals surface area contributed by atoms with Crippen molar-refractivity contribution < 1.29 is 38.3 Å². The van der Waals surface area contributed by atoms with Gasteiger partial charge in [-0.3, -0.25) is 0 Å². The molecular weight excluding hydrogens is 534 g/mol. The molecule has 1 aromatic heterocycles. The summed E-state index contributed by atoms with van der Waals surface area (Å²) in [5, 5.41) is 11.3. The molecule has 0 spiro atoms. The first kappa shape index (κ1) is 28.6. The SMILES string of the molecule is O=C(OCC(OCn1ccnc1[N+](=O)[O-])C(COC(=O)c1ccccc1)OC(=O)c1ccccc1)c1ccccc1. The summed E-state index contributed by atoms with van der Waals surface area (Å²) in [5.74, 6) is -2.60. The Morgan fingerprint density at radius 2 is 1.20 bits per heavy atom. The summed E-state index contributed by atoms with van der Waals surface area (Å²) in [6.07, 6.45) is 0.0638. The highest BCUT2D eigenvalue weighted by Gasteiger charge is 2.31. The number of esters is 3. The molecule has 0 amide bonds. The van der Waals surface area contributed by atoms with Gasteiger partial charge in [-0.25, -0.2) is 19.0 Å². The highest BCUT2D eigenvalue weighted by Crippen LogP contribution is 2.16. The van der Waals surface area contributed by atoms with Crippen LogP contribution >= 0.6 is 0 Å². The zero-order valence-corrected chi connectivity index (χ0v) is 21.6. The third kappa shape index (κ3) is 8.07. The number of imidazole rings is 1. The van der Waals surface area contributed by atoms with Crippen molar-refractivity contribution in [3.8, 4) is 0 Å². The van der Waals surface area contributed by atoms with Crippen molar-refractivity contribution in [2.75, 3.05) is 13.2 Å². The third-order valence-electron chi connectivity index (χ3n) is 5.74. The van der Waals surface area contributed by atoms with Crippen molar-refractivity contribution >= 4 is 23.9 Å². The van der Waals surface area contributed by atoms with Gasteiger partial charge in [-0.1, -0.05) is 59.6 Å². The lowest BCUT2D eigenvalue weighted by atomic mass is 10.2. The molecule has 0 fully saturated rings. The van der Waals surface area contributed by atoms with Crippen LogP contribution < -0.4 is 0 Å². The fraction of sp³-hybridized carbons (Fsp3) is 0.172. The van der Waals surface area contributed by atoms with E-state index in [0.29, 0.717) is 0 Å². The number of carbonyl (C=O) groups is 3. The molecule has 0 bridgehead atoms. The van der Waals surface area contributed by atoms with Crippen LogP contribution in [-0.4, -0.2) is 57.8 Å². The van der Waals surface area contributed by atoms with Gasteiger partial charge in [-0.05, 0) is 41.3 Å². The average molecular weight is 560 g/mol. The van der Waals surface area contributed by atoms with Crippen LogP contribution in [0.15, 0.2) is 103 Å². The second-order valence-corrected chi connectivity index (χ2v) is 8.53. The number of nitro groups is 1. The van der Waals surface area contributed by atoms with Crippen LogP contribution in [-0.2, 0) is 25.7 Å². The van der Waals surface area contributed by atoms with Crippen LogP contribution in [0.1, 0.15) is 31.1 Å². The third-order valence-corrected chi connectivity index (χ3v) is 5.74. The van der Waals surface area contributed by atoms with E-state index in [4.69, 9.17) is 18.9 Å². The van der Waals surface area contributed by atoms with Gasteiger partial charge < -0.3 is 29.1 Å². The second kappa shape index (κ2) is 14.1. The molecule has 0 aliphatic carbocycles. The van der Waals surface area contributed by atoms with Crippen LogP contribution in [0.5, 0.6) is 0 Å². The van der Waals surface area contributed by atoms with Gasteiger partial charge in [0.25, 0.3) is 0 Å². The molecule has 0 N–H and O–H groups in total. The Morgan fingerprint density at radius 3 is 1.68 bits per heavy atom. The van der Waals surface area contributed by atoms with E-state index in [1.54, 1.807) is 78.9 Å². The van der Waals surface area contributed by atoms with Crippen LogP contribution in [0.2, 0.25) is 0 Å². The van der Waals surface area contributed by atoms with Crippen LogP contribution in [0.4, 0.5) is 5.95 Å². The molecule has 0 saturated carbocycles. The van der Waals surface area contributed by atoms with Gasteiger partial charge in [0.2, 0.25) is 0 Å². The normalized spacial score (nSPS) is 12.1. The highest BCUT2D eigenvalue weighted by molar-refractivity contribution is 5.90. The predicted molar refractivity (Wildman–Crippen MR) is 143 cm³/mol. The number of hydrogen-bond donors (Lipinski definition) is 0. The lowest BCUT2D eigenvalue weighted by Gasteiger charge is -2.26. The molecule has 12 nitrogen and oxygen atoms in total. The highest BCUT2D eigenvalue weighted by atomic mass is 16.6. The van der Waals surface area contributed by atoms with Gasteiger partial charge in [0.1, 0.15) is 31.7 Å². The number of benzene rings is 3. The molecule has 0 aliphatic heterocycles. The maximum atomic E-state index is 13.0. The summed E-state index contributed by atoms with van der Waals surface area (Å²) in [7, 11) is 0. The van der Waals surface area contributed by atoms with Gasteiger partial charge in [-0.15, -0.1) is 0 Å². The van der Waals surface area contributed by atoms with Gasteiger partial charge in [0.05, 0.1) is 16.7 Å². The minimum absolute atomic E-state index is 0.220. The minimum atomic E-state index is -1.28. The van der Waals surface area contributed by atoms with Gasteiger partial charge in [0, 0.05) is 0 Å². The number of rotatable bonds is 13. The summed E-state index contributed by atoms with van der Waals surface area (Å²) < 4.78 is 23.5. The van der Waals surface area contributed by atoms with E-state index >= 15 is 0 Å². The van der Waals surface area contributed by atoms with Crippen LogP contribution in [0.3, 0.4) is 0 Å². The van der Waals surface area contributed by atoms with E-state index in [2.05, 4.69) is 4.98 Å². The Balaban J connectivity index is 1.57. The van der Waals surface area contributed by atoms with Gasteiger partial charge >= 0.3 is 23.9 Å². The van der Waals surface area contributed by atoms with Crippen molar-refractivity contribution in [3.63, 3.8) is 0 Å². The zero-order valence-electron chi connectivity index (χ0n) is 21.6. The monoisotopic (exact) mass is 559 g/mol. The maximum Gasteiger partial charge on any atom is 0.436 e. The fourth-order valence-corrected chi connectivity index (χ4v) is 3.64. The first-order valence-electron chi connectivity index (χ1n) is 12.4. The van der Waals surface area contributed by atoms with Crippen molar-refractivity contribution in [3.05, 3.63) is 130 Å². The molecular formula is C29H25N3O9. The zero-order chi connectivity index (χ0) is 29.0. The molecule has 0 radical (unpaired) electrons. The molecule has 3 aromatic carbocycles. The van der Waals surface area contributed by atoms with Gasteiger partial charge in [0.15, 0.2) is 12.8 Å². The fourth-order valence-electron chi connectivity index (χ4n) is 3.64. The molecule has 2 atom stereocenters. The molecule has 2 unspecified atom stereocenters. The Bertz CT molecular complexity index is 1460. The standard InChI is InChI=1S/C29H25N3O9/c33-26(21-10-4-1-5-11-21)38-18-24(40-20-31-17-16-30-29(31)32(36)37)25(41-28(35)23-14-8-3-9-15-23)19-39-27(34)22-12-6-2-7-13-22/h1-17,24-25H,18-20H2. The smallest absolute Gasteiger partial charge is 0.436 e. The van der Waals surface area contributed by atoms with Crippen molar-refractivity contribution in [1.82, 2.24) is 9.55 Å². The first-order chi connectivity index (χ1) is 19.9. The molecule has 0 aliphatic rings. The molecule has 1 heterocycles. The Morgan fingerprint density at radius 1 is 0.732 bits per heavy atom. The summed E-state index contributed by atoms with van der Waals surface area (Å²) in [6.45, 7) is -1.31. The summed E-state index contributed by atoms with van der Waals surface area (Å²) in [4.78, 5) is 52.6. The van der Waals surface area contributed by atoms with E-state index in [-0.39, 0.29) is 16.7 Å². The number of ether oxygens (including phenoxy) is 4. The van der Waals surface area contributed by atoms with Crippen molar-refractivity contribution in [2.24, 2.45) is 0 Å². The predicted octanol–water partition coefficient (Wildman–Crippen LogP) is 4.07. The van der Waals surface area contributed by atoms with Gasteiger partial charge in [-0.2, -0.15) is 0 Å². The lowest BCUT2D eigenvalue weighted by Crippen LogP contribution is -2.41.